The maximum absolute atomic E-state index is 10.0. The Morgan fingerprint density at radius 2 is 1.63 bits per heavy atom. The predicted octanol–water partition coefficient (Wildman–Crippen LogP) is 4.25. The topological polar surface area (TPSA) is 89.2 Å². The van der Waals surface area contributed by atoms with Gasteiger partial charge in [0, 0.05) is 29.7 Å². The summed E-state index contributed by atoms with van der Waals surface area (Å²) >= 11 is 0. The lowest BCUT2D eigenvalue weighted by atomic mass is 10.0. The van der Waals surface area contributed by atoms with E-state index in [0.717, 1.165) is 27.9 Å². The molecular formula is C22H23N3O2. The summed E-state index contributed by atoms with van der Waals surface area (Å²) in [5.74, 6) is 0.0516. The number of nitrogens with zero attached hydrogens (tertiary/aromatic N) is 1. The highest BCUT2D eigenvalue weighted by atomic mass is 16.3. The maximum atomic E-state index is 10.0. The van der Waals surface area contributed by atoms with Gasteiger partial charge in [-0.15, -0.1) is 0 Å². The van der Waals surface area contributed by atoms with Gasteiger partial charge in [-0.05, 0) is 48.2 Å². The van der Waals surface area contributed by atoms with Crippen molar-refractivity contribution in [2.45, 2.75) is 27.0 Å². The van der Waals surface area contributed by atoms with E-state index in [9.17, 15) is 10.2 Å². The van der Waals surface area contributed by atoms with Crippen LogP contribution in [-0.4, -0.2) is 20.9 Å². The molecule has 0 atom stereocenters. The zero-order chi connectivity index (χ0) is 19.4. The minimum absolute atomic E-state index is 0.0516. The number of hydrogen-bond acceptors (Lipinski definition) is 5. The third kappa shape index (κ3) is 4.15. The van der Waals surface area contributed by atoms with Crippen LogP contribution < -0.4 is 5.32 Å². The first-order valence-electron chi connectivity index (χ1n) is 8.76. The molecule has 0 aliphatic carbocycles. The highest BCUT2D eigenvalue weighted by molar-refractivity contribution is 5.96. The maximum Gasteiger partial charge on any atom is 0.142 e. The van der Waals surface area contributed by atoms with E-state index in [2.05, 4.69) is 10.3 Å². The highest BCUT2D eigenvalue weighted by Crippen LogP contribution is 2.25. The van der Waals surface area contributed by atoms with Crippen molar-refractivity contribution in [3.8, 4) is 16.9 Å². The van der Waals surface area contributed by atoms with Gasteiger partial charge < -0.3 is 20.9 Å². The molecule has 0 radical (unpaired) electrons. The molecule has 4 N–H and O–H groups in total. The van der Waals surface area contributed by atoms with Gasteiger partial charge in [0.15, 0.2) is 0 Å². The lowest BCUT2D eigenvalue weighted by molar-refractivity contribution is 0.273. The number of hydrogen-bond donors (Lipinski definition) is 4. The summed E-state index contributed by atoms with van der Waals surface area (Å²) in [5, 5.41) is 30.5. The van der Waals surface area contributed by atoms with Gasteiger partial charge in [-0.25, -0.2) is 0 Å². The van der Waals surface area contributed by atoms with Gasteiger partial charge in [0.1, 0.15) is 5.75 Å². The molecule has 1 heterocycles. The van der Waals surface area contributed by atoms with Crippen LogP contribution in [0.3, 0.4) is 0 Å². The van der Waals surface area contributed by atoms with Crippen molar-refractivity contribution in [2.24, 2.45) is 0 Å². The fourth-order valence-electron chi connectivity index (χ4n) is 2.90. The van der Waals surface area contributed by atoms with Crippen LogP contribution in [0.2, 0.25) is 0 Å². The zero-order valence-corrected chi connectivity index (χ0v) is 15.5. The molecule has 0 unspecified atom stereocenters. The van der Waals surface area contributed by atoms with Gasteiger partial charge in [0.05, 0.1) is 12.3 Å². The van der Waals surface area contributed by atoms with Crippen molar-refractivity contribution in [3.63, 3.8) is 0 Å². The molecule has 2 aromatic carbocycles. The number of anilines is 1. The molecule has 1 aromatic heterocycles. The lowest BCUT2D eigenvalue weighted by Gasteiger charge is -2.13. The Morgan fingerprint density at radius 1 is 1.04 bits per heavy atom. The summed E-state index contributed by atoms with van der Waals surface area (Å²) in [6.07, 6.45) is 1.68. The van der Waals surface area contributed by atoms with Gasteiger partial charge >= 0.3 is 0 Å². The fraction of sp³-hybridized carbons (Fsp3) is 0.182. The molecule has 0 spiro atoms. The van der Waals surface area contributed by atoms with Crippen molar-refractivity contribution in [3.05, 3.63) is 77.1 Å². The predicted molar refractivity (Wildman–Crippen MR) is 108 cm³/mol. The van der Waals surface area contributed by atoms with Crippen molar-refractivity contribution in [1.82, 2.24) is 4.98 Å². The number of aromatic hydroxyl groups is 1. The van der Waals surface area contributed by atoms with E-state index in [-0.39, 0.29) is 12.4 Å². The first kappa shape index (κ1) is 18.6. The van der Waals surface area contributed by atoms with Crippen LogP contribution >= 0.6 is 0 Å². The Labute approximate surface area is 158 Å². The number of aromatic nitrogens is 1. The standard InChI is InChI=1S/C22H23N3O2/c1-14(23)16-3-5-17(6-4-16)18-7-9-20(10-8-18)25-12-19-11-24-15(2)22(27)21(19)13-26/h3-11,23,25-27H,12-13H2,1-2H3. The number of pyridine rings is 1. The minimum atomic E-state index is -0.226. The van der Waals surface area contributed by atoms with E-state index < -0.39 is 0 Å². The molecule has 0 aliphatic heterocycles. The van der Waals surface area contributed by atoms with E-state index in [4.69, 9.17) is 5.41 Å². The molecule has 0 amide bonds. The minimum Gasteiger partial charge on any atom is -0.506 e. The van der Waals surface area contributed by atoms with Crippen molar-refractivity contribution in [1.29, 1.82) is 5.41 Å². The number of aryl methyl sites for hydroxylation is 1. The van der Waals surface area contributed by atoms with Crippen LogP contribution in [0.1, 0.15) is 29.3 Å². The summed E-state index contributed by atoms with van der Waals surface area (Å²) < 4.78 is 0. The van der Waals surface area contributed by atoms with E-state index in [1.807, 2.05) is 48.5 Å². The molecule has 3 aromatic rings. The molecule has 138 valence electrons. The van der Waals surface area contributed by atoms with Crippen molar-refractivity contribution < 1.29 is 10.2 Å². The molecule has 0 aliphatic rings. The second kappa shape index (κ2) is 8.01. The highest BCUT2D eigenvalue weighted by Gasteiger charge is 2.10. The Balaban J connectivity index is 1.71. The SMILES string of the molecule is CC(=N)c1ccc(-c2ccc(NCc3cnc(C)c(O)c3CO)cc2)cc1. The van der Waals surface area contributed by atoms with Gasteiger partial charge in [-0.2, -0.15) is 0 Å². The Bertz CT molecular complexity index is 949. The zero-order valence-electron chi connectivity index (χ0n) is 15.5. The summed E-state index contributed by atoms with van der Waals surface area (Å²) in [6.45, 7) is 3.72. The smallest absolute Gasteiger partial charge is 0.142 e. The van der Waals surface area contributed by atoms with Gasteiger partial charge in [0.25, 0.3) is 0 Å². The summed E-state index contributed by atoms with van der Waals surface area (Å²) in [4.78, 5) is 4.16. The Hall–Kier alpha value is -3.18. The number of aliphatic hydroxyl groups excluding tert-OH is 1. The molecule has 0 saturated heterocycles. The molecule has 0 saturated carbocycles. The van der Waals surface area contributed by atoms with Crippen molar-refractivity contribution in [2.75, 3.05) is 5.32 Å². The first-order chi connectivity index (χ1) is 13.0. The average Bonchev–Trinajstić information content (AvgIpc) is 2.69. The van der Waals surface area contributed by atoms with E-state index >= 15 is 0 Å². The third-order valence-electron chi connectivity index (χ3n) is 4.61. The van der Waals surface area contributed by atoms with Crippen molar-refractivity contribution >= 4 is 11.4 Å². The quantitative estimate of drug-likeness (QED) is 0.494. The number of aliphatic hydroxyl groups is 1. The van der Waals surface area contributed by atoms with Gasteiger partial charge in [-0.1, -0.05) is 36.4 Å². The third-order valence-corrected chi connectivity index (χ3v) is 4.61. The Kier molecular flexibility index (Phi) is 5.52. The van der Waals surface area contributed by atoms with E-state index in [1.54, 1.807) is 20.0 Å². The normalized spacial score (nSPS) is 10.6. The molecule has 5 heteroatoms. The van der Waals surface area contributed by atoms with Crippen LogP contribution in [0, 0.1) is 12.3 Å². The van der Waals surface area contributed by atoms with Crippen LogP contribution in [0.5, 0.6) is 5.75 Å². The van der Waals surface area contributed by atoms with Crippen LogP contribution in [0.4, 0.5) is 5.69 Å². The molecule has 5 nitrogen and oxygen atoms in total. The van der Waals surface area contributed by atoms with Gasteiger partial charge in [0.2, 0.25) is 0 Å². The summed E-state index contributed by atoms with van der Waals surface area (Å²) in [5.41, 5.74) is 6.40. The second-order valence-electron chi connectivity index (χ2n) is 6.49. The monoisotopic (exact) mass is 361 g/mol. The molecule has 0 bridgehead atoms. The van der Waals surface area contributed by atoms with E-state index in [1.165, 1.54) is 0 Å². The van der Waals surface area contributed by atoms with Crippen LogP contribution in [0.25, 0.3) is 11.1 Å². The lowest BCUT2D eigenvalue weighted by Crippen LogP contribution is -2.05. The summed E-state index contributed by atoms with van der Waals surface area (Å²) in [7, 11) is 0. The van der Waals surface area contributed by atoms with Gasteiger partial charge in [-0.3, -0.25) is 4.98 Å². The molecule has 3 rings (SSSR count). The van der Waals surface area contributed by atoms with Crippen LogP contribution in [0.15, 0.2) is 54.7 Å². The molecule has 0 fully saturated rings. The summed E-state index contributed by atoms with van der Waals surface area (Å²) in [6, 6.07) is 16.0. The molecular weight excluding hydrogens is 338 g/mol. The van der Waals surface area contributed by atoms with Crippen LogP contribution in [-0.2, 0) is 13.2 Å². The fourth-order valence-corrected chi connectivity index (χ4v) is 2.90. The molecule has 27 heavy (non-hydrogen) atoms. The number of benzene rings is 2. The second-order valence-corrected chi connectivity index (χ2v) is 6.49. The average molecular weight is 361 g/mol. The number of nitrogens with one attached hydrogen (secondary N) is 2. The first-order valence-corrected chi connectivity index (χ1v) is 8.76. The largest absolute Gasteiger partial charge is 0.506 e. The van der Waals surface area contributed by atoms with E-state index in [0.29, 0.717) is 23.5 Å². The Morgan fingerprint density at radius 3 is 2.19 bits per heavy atom. The number of rotatable bonds is 6.